The smallest absolute Gasteiger partial charge is 0.324 e. The molecule has 2 aromatic heterocycles. The number of cyclic esters (lactones) is 1. The van der Waals surface area contributed by atoms with Crippen LogP contribution >= 0.6 is 0 Å². The second-order valence-electron chi connectivity index (χ2n) is 19.4. The van der Waals surface area contributed by atoms with E-state index < -0.39 is 34.8 Å². The van der Waals surface area contributed by atoms with Gasteiger partial charge in [0.25, 0.3) is 5.91 Å². The van der Waals surface area contributed by atoms with Gasteiger partial charge in [-0.2, -0.15) is 0 Å². The first-order valence-corrected chi connectivity index (χ1v) is 22.1. The molecule has 3 aliphatic rings. The van der Waals surface area contributed by atoms with Gasteiger partial charge in [0.1, 0.15) is 17.8 Å². The maximum absolute atomic E-state index is 14.5. The number of phenolic OH excluding ortho intramolecular Hbond substituents is 1. The Labute approximate surface area is 365 Å². The number of amides is 3. The Morgan fingerprint density at radius 3 is 2.61 bits per heavy atom. The number of carbonyl (C=O) groups excluding carboxylic acids is 4. The van der Waals surface area contributed by atoms with Gasteiger partial charge in [0.15, 0.2) is 0 Å². The number of fused-ring (bicyclic) bond motifs is 6. The number of esters is 1. The Bertz CT molecular complexity index is 2350. The molecular formula is C49H64N6O7. The van der Waals surface area contributed by atoms with Crippen molar-refractivity contribution in [3.8, 4) is 28.1 Å². The van der Waals surface area contributed by atoms with Gasteiger partial charge in [-0.1, -0.05) is 46.8 Å². The first-order chi connectivity index (χ1) is 29.4. The average Bonchev–Trinajstić information content (AvgIpc) is 3.89. The fourth-order valence-corrected chi connectivity index (χ4v) is 9.47. The van der Waals surface area contributed by atoms with Gasteiger partial charge < -0.3 is 29.4 Å². The first kappa shape index (κ1) is 44.8. The lowest BCUT2D eigenvalue weighted by Gasteiger charge is -2.36. The summed E-state index contributed by atoms with van der Waals surface area (Å²) in [5.41, 5.74) is 9.25. The van der Waals surface area contributed by atoms with E-state index in [1.165, 1.54) is 5.01 Å². The molecule has 1 saturated carbocycles. The van der Waals surface area contributed by atoms with Crippen LogP contribution in [0.4, 0.5) is 0 Å². The number of nitrogens with one attached hydrogen (secondary N) is 2. The molecule has 2 fully saturated rings. The summed E-state index contributed by atoms with van der Waals surface area (Å²) in [4.78, 5) is 61.7. The molecule has 3 N–H and O–H groups in total. The normalized spacial score (nSPS) is 22.1. The summed E-state index contributed by atoms with van der Waals surface area (Å²) in [6, 6.07) is 13.8. The lowest BCUT2D eigenvalue weighted by Crippen LogP contribution is -2.60. The van der Waals surface area contributed by atoms with Crippen LogP contribution in [0, 0.1) is 22.7 Å². The Morgan fingerprint density at radius 2 is 1.90 bits per heavy atom. The largest absolute Gasteiger partial charge is 0.508 e. The van der Waals surface area contributed by atoms with Crippen molar-refractivity contribution in [2.75, 3.05) is 33.9 Å². The Kier molecular flexibility index (Phi) is 12.9. The minimum Gasteiger partial charge on any atom is -0.508 e. The van der Waals surface area contributed by atoms with Crippen LogP contribution in [-0.4, -0.2) is 94.2 Å². The van der Waals surface area contributed by atoms with Crippen LogP contribution in [-0.2, 0) is 48.0 Å². The highest BCUT2D eigenvalue weighted by molar-refractivity contribution is 5.95. The minimum absolute atomic E-state index is 0.0315. The highest BCUT2D eigenvalue weighted by Crippen LogP contribution is 2.43. The fraction of sp³-hybridized carbons (Fsp3) is 0.531. The molecule has 0 unspecified atom stereocenters. The van der Waals surface area contributed by atoms with Crippen molar-refractivity contribution in [2.24, 2.45) is 22.7 Å². The van der Waals surface area contributed by atoms with Crippen LogP contribution in [0.5, 0.6) is 5.75 Å². The molecule has 4 aromatic rings. The molecule has 3 amide bonds. The molecule has 0 spiro atoms. The number of carbonyl (C=O) groups is 4. The number of aryl methyl sites for hydroxylation is 1. The van der Waals surface area contributed by atoms with Crippen molar-refractivity contribution < 1.29 is 33.8 Å². The molecule has 1 saturated heterocycles. The van der Waals surface area contributed by atoms with Gasteiger partial charge in [0, 0.05) is 80.6 Å². The zero-order valence-electron chi connectivity index (χ0n) is 37.8. The topological polar surface area (TPSA) is 155 Å². The van der Waals surface area contributed by atoms with Crippen molar-refractivity contribution >= 4 is 34.6 Å². The summed E-state index contributed by atoms with van der Waals surface area (Å²) in [6.45, 7) is 15.8. The Balaban J connectivity index is 1.29. The number of hydrogen-bond donors (Lipinski definition) is 3. The SMILES string of the molecule is CCn1c(-c2cccnc2[C@H](C)OC)c2c3cc(ccc31)-c1cc(O)cc(c1)C[C@H](NC(=O)CC(C)(C)CN(C)C(=O)[C@H]1C[C@@H]1C)C(=O)N1CCC[C@H](N1)C(=O)OCC(C)(C)C2. The number of nitrogens with zero attached hydrogens (tertiary/aromatic N) is 4. The molecule has 13 heteroatoms. The number of hydrazine groups is 1. The van der Waals surface area contributed by atoms with Gasteiger partial charge in [-0.3, -0.25) is 29.2 Å². The van der Waals surface area contributed by atoms with E-state index in [1.807, 2.05) is 39.0 Å². The van der Waals surface area contributed by atoms with Crippen LogP contribution in [0.25, 0.3) is 33.3 Å². The van der Waals surface area contributed by atoms with Crippen LogP contribution in [0.1, 0.15) is 97.1 Å². The van der Waals surface area contributed by atoms with E-state index in [0.717, 1.165) is 51.0 Å². The zero-order chi connectivity index (χ0) is 44.7. The number of ether oxygens (including phenoxy) is 2. The van der Waals surface area contributed by atoms with Gasteiger partial charge in [-0.05, 0) is 110 Å². The standard InChI is InChI=1S/C49H64N6O7/c1-10-54-41-16-15-32-24-37(41)38(44(54)35-13-11-17-50-43(35)30(3)61-9)25-49(6,7)28-62-47(60)39-14-12-18-55(52-39)46(59)40(22-31-20-33(32)23-34(56)21-31)51-42(57)26-48(4,5)27-53(8)45(58)36-19-29(36)2/h11,13,15-17,20-21,23-24,29-30,36,39-40,52,56H,10,12,14,18-19,22,25-28H2,1-9H3,(H,51,57)/t29-,30-,36-,39-,40-/m0/s1. The predicted molar refractivity (Wildman–Crippen MR) is 239 cm³/mol. The number of aromatic hydroxyl groups is 1. The maximum atomic E-state index is 14.5. The van der Waals surface area contributed by atoms with Gasteiger partial charge >= 0.3 is 5.97 Å². The number of phenols is 1. The average molecular weight is 849 g/mol. The van der Waals surface area contributed by atoms with Crippen LogP contribution in [0.3, 0.4) is 0 Å². The molecule has 62 heavy (non-hydrogen) atoms. The second-order valence-corrected chi connectivity index (χ2v) is 19.4. The first-order valence-electron chi connectivity index (χ1n) is 22.1. The van der Waals surface area contributed by atoms with Crippen molar-refractivity contribution in [3.05, 3.63) is 71.5 Å². The van der Waals surface area contributed by atoms with Gasteiger partial charge in [0.2, 0.25) is 11.8 Å². The van der Waals surface area contributed by atoms with E-state index in [0.29, 0.717) is 50.4 Å². The lowest BCUT2D eigenvalue weighted by atomic mass is 9.84. The molecule has 7 rings (SSSR count). The molecule has 4 heterocycles. The highest BCUT2D eigenvalue weighted by Gasteiger charge is 2.42. The second kappa shape index (κ2) is 17.8. The minimum atomic E-state index is -1.03. The van der Waals surface area contributed by atoms with Crippen molar-refractivity contribution in [3.63, 3.8) is 0 Å². The number of methoxy groups -OCH3 is 1. The third kappa shape index (κ3) is 9.68. The van der Waals surface area contributed by atoms with E-state index in [-0.39, 0.29) is 49.0 Å². The highest BCUT2D eigenvalue weighted by atomic mass is 16.5. The quantitative estimate of drug-likeness (QED) is 0.143. The molecular weight excluding hydrogens is 785 g/mol. The summed E-state index contributed by atoms with van der Waals surface area (Å²) >= 11 is 0. The molecule has 2 aromatic carbocycles. The summed E-state index contributed by atoms with van der Waals surface area (Å²) in [6.07, 6.45) is 4.16. The molecule has 332 valence electrons. The van der Waals surface area contributed by atoms with E-state index in [9.17, 15) is 24.3 Å². The van der Waals surface area contributed by atoms with Crippen molar-refractivity contribution in [1.82, 2.24) is 30.2 Å². The van der Waals surface area contributed by atoms with Crippen molar-refractivity contribution in [1.29, 1.82) is 0 Å². The van der Waals surface area contributed by atoms with Crippen LogP contribution < -0.4 is 10.7 Å². The lowest BCUT2D eigenvalue weighted by molar-refractivity contribution is -0.155. The number of benzene rings is 2. The molecule has 1 aliphatic carbocycles. The molecule has 5 atom stereocenters. The summed E-state index contributed by atoms with van der Waals surface area (Å²) in [5, 5.41) is 16.7. The monoisotopic (exact) mass is 848 g/mol. The fourth-order valence-electron chi connectivity index (χ4n) is 9.47. The Morgan fingerprint density at radius 1 is 1.15 bits per heavy atom. The van der Waals surface area contributed by atoms with E-state index in [2.05, 4.69) is 61.2 Å². The maximum Gasteiger partial charge on any atom is 0.324 e. The molecule has 2 aliphatic heterocycles. The molecule has 6 bridgehead atoms. The molecule has 0 radical (unpaired) electrons. The van der Waals surface area contributed by atoms with E-state index in [4.69, 9.17) is 14.5 Å². The van der Waals surface area contributed by atoms with E-state index in [1.54, 1.807) is 37.4 Å². The number of hydrogen-bond acceptors (Lipinski definition) is 9. The van der Waals surface area contributed by atoms with Crippen molar-refractivity contribution in [2.45, 2.75) is 112 Å². The summed E-state index contributed by atoms with van der Waals surface area (Å²) in [7, 11) is 3.46. The van der Waals surface area contributed by atoms with Crippen LogP contribution in [0.15, 0.2) is 54.7 Å². The van der Waals surface area contributed by atoms with Gasteiger partial charge in [-0.25, -0.2) is 5.43 Å². The van der Waals surface area contributed by atoms with Crippen LogP contribution in [0.2, 0.25) is 0 Å². The predicted octanol–water partition coefficient (Wildman–Crippen LogP) is 6.98. The van der Waals surface area contributed by atoms with Gasteiger partial charge in [0.05, 0.1) is 24.1 Å². The van der Waals surface area contributed by atoms with Gasteiger partial charge in [-0.15, -0.1) is 0 Å². The number of rotatable bonds is 10. The third-order valence-electron chi connectivity index (χ3n) is 12.8. The summed E-state index contributed by atoms with van der Waals surface area (Å²) < 4.78 is 14.2. The zero-order valence-corrected chi connectivity index (χ0v) is 37.8. The summed E-state index contributed by atoms with van der Waals surface area (Å²) in [5.74, 6) is -0.640. The number of aromatic nitrogens is 2. The van der Waals surface area contributed by atoms with E-state index >= 15 is 0 Å². The molecule has 13 nitrogen and oxygen atoms in total. The third-order valence-corrected chi connectivity index (χ3v) is 12.8. The number of pyridine rings is 1. The Hall–Kier alpha value is -5.27.